The number of anilines is 2. The van der Waals surface area contributed by atoms with E-state index in [0.29, 0.717) is 0 Å². The maximum atomic E-state index is 5.72. The van der Waals surface area contributed by atoms with Crippen molar-refractivity contribution in [1.29, 1.82) is 0 Å². The Kier molecular flexibility index (Phi) is 2.97. The standard InChI is InChI=1S/C11H17N3O/c1-15-11-8-9(12)2-3-10(11)14-6-4-13-5-7-14/h2-3,8,13H,4-7,12H2,1H3. The molecule has 2 rings (SSSR count). The SMILES string of the molecule is COc1cc(N)ccc1N1CCNCC1. The van der Waals surface area contributed by atoms with Crippen LogP contribution in [-0.2, 0) is 0 Å². The van der Waals surface area contributed by atoms with Gasteiger partial charge in [0.25, 0.3) is 0 Å². The average Bonchev–Trinajstić information content (AvgIpc) is 2.30. The van der Waals surface area contributed by atoms with Crippen molar-refractivity contribution in [1.82, 2.24) is 5.32 Å². The summed E-state index contributed by atoms with van der Waals surface area (Å²) in [6, 6.07) is 5.82. The highest BCUT2D eigenvalue weighted by atomic mass is 16.5. The van der Waals surface area contributed by atoms with E-state index in [-0.39, 0.29) is 0 Å². The van der Waals surface area contributed by atoms with Crippen LogP contribution in [0.3, 0.4) is 0 Å². The van der Waals surface area contributed by atoms with E-state index in [2.05, 4.69) is 10.2 Å². The fourth-order valence-electron chi connectivity index (χ4n) is 1.86. The Labute approximate surface area is 90.0 Å². The molecule has 82 valence electrons. The molecule has 1 saturated heterocycles. The van der Waals surface area contributed by atoms with Gasteiger partial charge in [-0.2, -0.15) is 0 Å². The summed E-state index contributed by atoms with van der Waals surface area (Å²) in [6.45, 7) is 4.07. The molecule has 1 aliphatic heterocycles. The molecule has 1 heterocycles. The number of hydrogen-bond acceptors (Lipinski definition) is 4. The van der Waals surface area contributed by atoms with Crippen LogP contribution in [0.4, 0.5) is 11.4 Å². The van der Waals surface area contributed by atoms with Crippen molar-refractivity contribution in [2.24, 2.45) is 0 Å². The fraction of sp³-hybridized carbons (Fsp3) is 0.455. The zero-order valence-electron chi connectivity index (χ0n) is 8.99. The number of rotatable bonds is 2. The Morgan fingerprint density at radius 1 is 1.33 bits per heavy atom. The van der Waals surface area contributed by atoms with Gasteiger partial charge in [0.1, 0.15) is 5.75 Å². The van der Waals surface area contributed by atoms with Gasteiger partial charge in [0.15, 0.2) is 0 Å². The lowest BCUT2D eigenvalue weighted by molar-refractivity contribution is 0.413. The number of ether oxygens (including phenoxy) is 1. The van der Waals surface area contributed by atoms with Gasteiger partial charge in [-0.05, 0) is 12.1 Å². The van der Waals surface area contributed by atoms with E-state index >= 15 is 0 Å². The summed E-state index contributed by atoms with van der Waals surface area (Å²) in [5.74, 6) is 0.858. The predicted molar refractivity (Wildman–Crippen MR) is 62.5 cm³/mol. The van der Waals surface area contributed by atoms with Crippen LogP contribution < -0.4 is 20.7 Å². The number of benzene rings is 1. The quantitative estimate of drug-likeness (QED) is 0.700. The van der Waals surface area contributed by atoms with Crippen molar-refractivity contribution in [2.75, 3.05) is 43.9 Å². The van der Waals surface area contributed by atoms with Crippen molar-refractivity contribution >= 4 is 11.4 Å². The first kappa shape index (κ1) is 10.1. The molecule has 0 radical (unpaired) electrons. The van der Waals surface area contributed by atoms with E-state index in [1.165, 1.54) is 0 Å². The van der Waals surface area contributed by atoms with E-state index in [0.717, 1.165) is 43.3 Å². The van der Waals surface area contributed by atoms with E-state index in [9.17, 15) is 0 Å². The molecule has 0 aliphatic carbocycles. The van der Waals surface area contributed by atoms with Crippen molar-refractivity contribution in [2.45, 2.75) is 0 Å². The maximum absolute atomic E-state index is 5.72. The van der Waals surface area contributed by atoms with Gasteiger partial charge in [0.05, 0.1) is 12.8 Å². The van der Waals surface area contributed by atoms with Crippen LogP contribution in [0.2, 0.25) is 0 Å². The van der Waals surface area contributed by atoms with Gasteiger partial charge in [0.2, 0.25) is 0 Å². The number of nitrogens with zero attached hydrogens (tertiary/aromatic N) is 1. The van der Waals surface area contributed by atoms with Crippen LogP contribution in [0.1, 0.15) is 0 Å². The summed E-state index contributed by atoms with van der Waals surface area (Å²) < 4.78 is 5.34. The third kappa shape index (κ3) is 2.15. The second kappa shape index (κ2) is 4.40. The third-order valence-corrected chi connectivity index (χ3v) is 2.66. The fourth-order valence-corrected chi connectivity index (χ4v) is 1.86. The third-order valence-electron chi connectivity index (χ3n) is 2.66. The van der Waals surface area contributed by atoms with Crippen molar-refractivity contribution in [3.05, 3.63) is 18.2 Å². The van der Waals surface area contributed by atoms with Gasteiger partial charge >= 0.3 is 0 Å². The minimum absolute atomic E-state index is 0.741. The Hall–Kier alpha value is -1.42. The number of piperazine rings is 1. The van der Waals surface area contributed by atoms with Gasteiger partial charge < -0.3 is 20.7 Å². The molecule has 0 aromatic heterocycles. The number of hydrogen-bond donors (Lipinski definition) is 2. The van der Waals surface area contributed by atoms with Gasteiger partial charge in [-0.3, -0.25) is 0 Å². The number of nitrogens with two attached hydrogens (primary N) is 1. The average molecular weight is 207 g/mol. The first-order valence-corrected chi connectivity index (χ1v) is 5.20. The molecule has 1 aromatic rings. The van der Waals surface area contributed by atoms with Gasteiger partial charge in [0, 0.05) is 37.9 Å². The summed E-state index contributed by atoms with van der Waals surface area (Å²) in [7, 11) is 1.68. The number of methoxy groups -OCH3 is 1. The molecule has 4 nitrogen and oxygen atoms in total. The van der Waals surface area contributed by atoms with Gasteiger partial charge in [-0.15, -0.1) is 0 Å². The maximum Gasteiger partial charge on any atom is 0.144 e. The van der Waals surface area contributed by atoms with Crippen LogP contribution in [0.25, 0.3) is 0 Å². The molecule has 0 atom stereocenters. The van der Waals surface area contributed by atoms with E-state index in [1.54, 1.807) is 7.11 Å². The number of nitrogen functional groups attached to an aromatic ring is 1. The molecular formula is C11H17N3O. The van der Waals surface area contributed by atoms with E-state index < -0.39 is 0 Å². The molecular weight excluding hydrogens is 190 g/mol. The van der Waals surface area contributed by atoms with Gasteiger partial charge in [-0.25, -0.2) is 0 Å². The molecule has 0 amide bonds. The molecule has 15 heavy (non-hydrogen) atoms. The van der Waals surface area contributed by atoms with E-state index in [1.807, 2.05) is 18.2 Å². The molecule has 1 fully saturated rings. The minimum Gasteiger partial charge on any atom is -0.495 e. The predicted octanol–water partition coefficient (Wildman–Crippen LogP) is 0.687. The largest absolute Gasteiger partial charge is 0.495 e. The molecule has 0 spiro atoms. The van der Waals surface area contributed by atoms with Crippen molar-refractivity contribution in [3.8, 4) is 5.75 Å². The Morgan fingerprint density at radius 2 is 2.07 bits per heavy atom. The zero-order valence-corrected chi connectivity index (χ0v) is 8.99. The number of nitrogens with one attached hydrogen (secondary N) is 1. The van der Waals surface area contributed by atoms with Crippen LogP contribution in [-0.4, -0.2) is 33.3 Å². The van der Waals surface area contributed by atoms with Gasteiger partial charge in [-0.1, -0.05) is 0 Å². The normalized spacial score (nSPS) is 16.5. The summed E-state index contributed by atoms with van der Waals surface area (Å²) in [5.41, 5.74) is 7.60. The highest BCUT2D eigenvalue weighted by Gasteiger charge is 2.14. The van der Waals surface area contributed by atoms with Crippen molar-refractivity contribution in [3.63, 3.8) is 0 Å². The second-order valence-corrected chi connectivity index (χ2v) is 3.67. The smallest absolute Gasteiger partial charge is 0.144 e. The van der Waals surface area contributed by atoms with Crippen LogP contribution in [0, 0.1) is 0 Å². The molecule has 4 heteroatoms. The Balaban J connectivity index is 2.25. The molecule has 0 unspecified atom stereocenters. The summed E-state index contributed by atoms with van der Waals surface area (Å²) in [4.78, 5) is 2.31. The molecule has 1 aromatic carbocycles. The molecule has 0 saturated carbocycles. The molecule has 3 N–H and O–H groups in total. The topological polar surface area (TPSA) is 50.5 Å². The minimum atomic E-state index is 0.741. The monoisotopic (exact) mass is 207 g/mol. The highest BCUT2D eigenvalue weighted by molar-refractivity contribution is 5.64. The first-order valence-electron chi connectivity index (χ1n) is 5.20. The van der Waals surface area contributed by atoms with Crippen LogP contribution >= 0.6 is 0 Å². The molecule has 0 bridgehead atoms. The summed E-state index contributed by atoms with van der Waals surface area (Å²) >= 11 is 0. The lowest BCUT2D eigenvalue weighted by Gasteiger charge is -2.30. The second-order valence-electron chi connectivity index (χ2n) is 3.67. The van der Waals surface area contributed by atoms with E-state index in [4.69, 9.17) is 10.5 Å². The summed E-state index contributed by atoms with van der Waals surface area (Å²) in [5, 5.41) is 3.33. The van der Waals surface area contributed by atoms with Crippen LogP contribution in [0.15, 0.2) is 18.2 Å². The summed E-state index contributed by atoms with van der Waals surface area (Å²) in [6.07, 6.45) is 0. The molecule has 1 aliphatic rings. The lowest BCUT2D eigenvalue weighted by Crippen LogP contribution is -2.43. The Morgan fingerprint density at radius 3 is 2.73 bits per heavy atom. The van der Waals surface area contributed by atoms with Crippen molar-refractivity contribution < 1.29 is 4.74 Å². The van der Waals surface area contributed by atoms with Crippen LogP contribution in [0.5, 0.6) is 5.75 Å². The zero-order chi connectivity index (χ0) is 10.7. The highest BCUT2D eigenvalue weighted by Crippen LogP contribution is 2.30. The first-order chi connectivity index (χ1) is 7.31. The lowest BCUT2D eigenvalue weighted by atomic mass is 10.2. The Bertz CT molecular complexity index is 335.